The van der Waals surface area contributed by atoms with Gasteiger partial charge in [-0.3, -0.25) is 14.7 Å². The van der Waals surface area contributed by atoms with Crippen molar-refractivity contribution < 1.29 is 4.79 Å². The minimum atomic E-state index is -0.0687. The lowest BCUT2D eigenvalue weighted by Crippen LogP contribution is -2.32. The molecule has 3 aromatic rings. The number of pyridine rings is 1. The first-order valence-corrected chi connectivity index (χ1v) is 9.06. The van der Waals surface area contributed by atoms with E-state index in [4.69, 9.17) is 11.6 Å². The van der Waals surface area contributed by atoms with E-state index in [-0.39, 0.29) is 12.5 Å². The second-order valence-electron chi connectivity index (χ2n) is 5.59. The second kappa shape index (κ2) is 8.25. The molecule has 0 aliphatic heterocycles. The molecule has 0 atom stereocenters. The molecule has 0 fully saturated rings. The van der Waals surface area contributed by atoms with E-state index in [0.717, 1.165) is 25.8 Å². The Balaban J connectivity index is 1.69. The lowest BCUT2D eigenvalue weighted by atomic mass is 10.2. The predicted molar refractivity (Wildman–Crippen MR) is 105 cm³/mol. The number of fused-ring (bicyclic) bond motifs is 1. The molecule has 2 heterocycles. The standard InChI is InChI=1S/C19H18ClN3OS/c1-2-11-23(12-14-8-9-18(20)25-14)13-19(24)22-17-7-3-6-16-15(17)5-4-10-21-16/h2-10H,1,11-13H2,(H,22,24). The molecule has 6 heteroatoms. The summed E-state index contributed by atoms with van der Waals surface area (Å²) in [5.41, 5.74) is 1.63. The van der Waals surface area contributed by atoms with Crippen molar-refractivity contribution in [3.05, 3.63) is 70.5 Å². The fourth-order valence-electron chi connectivity index (χ4n) is 2.63. The number of halogens is 1. The van der Waals surface area contributed by atoms with Crippen LogP contribution in [0.15, 0.2) is 61.3 Å². The van der Waals surface area contributed by atoms with E-state index in [9.17, 15) is 4.79 Å². The van der Waals surface area contributed by atoms with Crippen LogP contribution in [0.25, 0.3) is 10.9 Å². The molecule has 0 bridgehead atoms. The topological polar surface area (TPSA) is 45.2 Å². The minimum Gasteiger partial charge on any atom is -0.324 e. The summed E-state index contributed by atoms with van der Waals surface area (Å²) in [7, 11) is 0. The first-order chi connectivity index (χ1) is 12.2. The molecular weight excluding hydrogens is 354 g/mol. The Hall–Kier alpha value is -2.21. The second-order valence-corrected chi connectivity index (χ2v) is 7.39. The lowest BCUT2D eigenvalue weighted by molar-refractivity contribution is -0.117. The van der Waals surface area contributed by atoms with Crippen LogP contribution in [-0.2, 0) is 11.3 Å². The van der Waals surface area contributed by atoms with Crippen molar-refractivity contribution >= 4 is 45.4 Å². The summed E-state index contributed by atoms with van der Waals surface area (Å²) in [4.78, 5) is 20.0. The predicted octanol–water partition coefficient (Wildman–Crippen LogP) is 4.58. The molecule has 0 spiro atoms. The van der Waals surface area contributed by atoms with Crippen LogP contribution in [0.3, 0.4) is 0 Å². The summed E-state index contributed by atoms with van der Waals surface area (Å²) in [5, 5.41) is 3.92. The Morgan fingerprint density at radius 1 is 1.28 bits per heavy atom. The van der Waals surface area contributed by atoms with Crippen molar-refractivity contribution in [2.24, 2.45) is 0 Å². The average molecular weight is 372 g/mol. The van der Waals surface area contributed by atoms with Gasteiger partial charge in [0.25, 0.3) is 0 Å². The Bertz CT molecular complexity index is 888. The van der Waals surface area contributed by atoms with E-state index >= 15 is 0 Å². The van der Waals surface area contributed by atoms with E-state index in [1.54, 1.807) is 12.3 Å². The zero-order valence-electron chi connectivity index (χ0n) is 13.6. The van der Waals surface area contributed by atoms with Crippen molar-refractivity contribution in [2.75, 3.05) is 18.4 Å². The van der Waals surface area contributed by atoms with Crippen LogP contribution in [0.5, 0.6) is 0 Å². The third-order valence-corrected chi connectivity index (χ3v) is 4.90. The molecule has 1 amide bonds. The number of benzene rings is 1. The van der Waals surface area contributed by atoms with E-state index in [1.165, 1.54) is 11.3 Å². The zero-order valence-corrected chi connectivity index (χ0v) is 15.2. The van der Waals surface area contributed by atoms with Crippen LogP contribution < -0.4 is 5.32 Å². The zero-order chi connectivity index (χ0) is 17.6. The van der Waals surface area contributed by atoms with Gasteiger partial charge in [0.15, 0.2) is 0 Å². The van der Waals surface area contributed by atoms with Crippen molar-refractivity contribution in [1.82, 2.24) is 9.88 Å². The molecule has 0 aliphatic carbocycles. The van der Waals surface area contributed by atoms with Gasteiger partial charge in [-0.1, -0.05) is 23.7 Å². The van der Waals surface area contributed by atoms with Crippen molar-refractivity contribution in [3.63, 3.8) is 0 Å². The molecule has 128 valence electrons. The highest BCUT2D eigenvalue weighted by Crippen LogP contribution is 2.23. The van der Waals surface area contributed by atoms with Gasteiger partial charge in [-0.2, -0.15) is 0 Å². The third-order valence-electron chi connectivity index (χ3n) is 3.68. The molecule has 0 unspecified atom stereocenters. The van der Waals surface area contributed by atoms with Crippen LogP contribution in [0.4, 0.5) is 5.69 Å². The van der Waals surface area contributed by atoms with Gasteiger partial charge in [0.1, 0.15) is 0 Å². The Kier molecular flexibility index (Phi) is 5.81. The van der Waals surface area contributed by atoms with Crippen LogP contribution in [0.1, 0.15) is 4.88 Å². The molecule has 1 N–H and O–H groups in total. The lowest BCUT2D eigenvalue weighted by Gasteiger charge is -2.19. The largest absolute Gasteiger partial charge is 0.324 e. The average Bonchev–Trinajstić information content (AvgIpc) is 3.00. The van der Waals surface area contributed by atoms with Gasteiger partial charge in [0.2, 0.25) is 5.91 Å². The Labute approximate surface area is 155 Å². The monoisotopic (exact) mass is 371 g/mol. The van der Waals surface area contributed by atoms with Crippen molar-refractivity contribution in [3.8, 4) is 0 Å². The van der Waals surface area contributed by atoms with Gasteiger partial charge in [0, 0.05) is 29.5 Å². The highest BCUT2D eigenvalue weighted by Gasteiger charge is 2.13. The van der Waals surface area contributed by atoms with Crippen molar-refractivity contribution in [1.29, 1.82) is 0 Å². The highest BCUT2D eigenvalue weighted by atomic mass is 35.5. The van der Waals surface area contributed by atoms with Gasteiger partial charge in [-0.25, -0.2) is 0 Å². The summed E-state index contributed by atoms with van der Waals surface area (Å²) in [5.74, 6) is -0.0687. The maximum atomic E-state index is 12.5. The third kappa shape index (κ3) is 4.66. The van der Waals surface area contributed by atoms with Gasteiger partial charge >= 0.3 is 0 Å². The van der Waals surface area contributed by atoms with Crippen LogP contribution in [0, 0.1) is 0 Å². The molecule has 0 saturated heterocycles. The molecule has 0 aliphatic rings. The molecular formula is C19H18ClN3OS. The molecule has 0 saturated carbocycles. The summed E-state index contributed by atoms with van der Waals surface area (Å²) in [6, 6.07) is 13.4. The van der Waals surface area contributed by atoms with E-state index in [2.05, 4.69) is 16.9 Å². The summed E-state index contributed by atoms with van der Waals surface area (Å²) in [6.45, 7) is 5.34. The normalized spacial score (nSPS) is 11.0. The number of nitrogens with one attached hydrogen (secondary N) is 1. The number of hydrogen-bond acceptors (Lipinski definition) is 4. The number of aromatic nitrogens is 1. The van der Waals surface area contributed by atoms with E-state index < -0.39 is 0 Å². The molecule has 25 heavy (non-hydrogen) atoms. The molecule has 3 rings (SSSR count). The van der Waals surface area contributed by atoms with E-state index in [0.29, 0.717) is 13.1 Å². The number of carbonyl (C=O) groups excluding carboxylic acids is 1. The quantitative estimate of drug-likeness (QED) is 0.618. The number of rotatable bonds is 7. The highest BCUT2D eigenvalue weighted by molar-refractivity contribution is 7.16. The Morgan fingerprint density at radius 2 is 2.16 bits per heavy atom. The number of nitrogens with zero attached hydrogens (tertiary/aromatic N) is 2. The summed E-state index contributed by atoms with van der Waals surface area (Å²) < 4.78 is 0.751. The fraction of sp³-hybridized carbons (Fsp3) is 0.158. The van der Waals surface area contributed by atoms with Crippen LogP contribution in [0.2, 0.25) is 4.34 Å². The first-order valence-electron chi connectivity index (χ1n) is 7.87. The van der Waals surface area contributed by atoms with Crippen LogP contribution >= 0.6 is 22.9 Å². The van der Waals surface area contributed by atoms with Crippen molar-refractivity contribution in [2.45, 2.75) is 6.54 Å². The summed E-state index contributed by atoms with van der Waals surface area (Å²) in [6.07, 6.45) is 3.54. The smallest absolute Gasteiger partial charge is 0.238 e. The number of anilines is 1. The van der Waals surface area contributed by atoms with Gasteiger partial charge in [-0.05, 0) is 36.4 Å². The Morgan fingerprint density at radius 3 is 2.92 bits per heavy atom. The summed E-state index contributed by atoms with van der Waals surface area (Å²) >= 11 is 7.51. The van der Waals surface area contributed by atoms with Gasteiger partial charge in [-0.15, -0.1) is 17.9 Å². The molecule has 1 aromatic carbocycles. The first kappa shape index (κ1) is 17.6. The SMILES string of the molecule is C=CCN(CC(=O)Nc1cccc2ncccc12)Cc1ccc(Cl)s1. The fourth-order valence-corrected chi connectivity index (χ4v) is 3.76. The minimum absolute atomic E-state index is 0.0687. The molecule has 2 aromatic heterocycles. The van der Waals surface area contributed by atoms with E-state index in [1.807, 2.05) is 47.4 Å². The number of amides is 1. The van der Waals surface area contributed by atoms with Crippen LogP contribution in [-0.4, -0.2) is 28.9 Å². The molecule has 4 nitrogen and oxygen atoms in total. The number of hydrogen-bond donors (Lipinski definition) is 1. The number of thiophene rings is 1. The number of carbonyl (C=O) groups is 1. The molecule has 0 radical (unpaired) electrons. The van der Waals surface area contributed by atoms with Gasteiger partial charge < -0.3 is 5.32 Å². The maximum absolute atomic E-state index is 12.5. The maximum Gasteiger partial charge on any atom is 0.238 e. The van der Waals surface area contributed by atoms with Gasteiger partial charge in [0.05, 0.1) is 22.1 Å².